The number of methoxy groups -OCH3 is 1. The number of nitrogens with two attached hydrogens (primary N) is 1. The van der Waals surface area contributed by atoms with Crippen LogP contribution >= 0.6 is 11.3 Å². The van der Waals surface area contributed by atoms with E-state index in [1.54, 1.807) is 13.2 Å². The molecule has 0 spiro atoms. The van der Waals surface area contributed by atoms with E-state index in [0.29, 0.717) is 42.9 Å². The molecule has 0 saturated heterocycles. The molecule has 0 aliphatic rings. The van der Waals surface area contributed by atoms with Gasteiger partial charge in [-0.05, 0) is 6.42 Å². The number of ether oxygens (including phenoxy) is 2. The van der Waals surface area contributed by atoms with Crippen LogP contribution in [0.5, 0.6) is 0 Å². The Bertz CT molecular complexity index is 451. The molecule has 1 amide bonds. The Kier molecular flexibility index (Phi) is 8.41. The average molecular weight is 314 g/mol. The van der Waals surface area contributed by atoms with Crippen LogP contribution in [-0.2, 0) is 9.47 Å². The van der Waals surface area contributed by atoms with E-state index in [1.165, 1.54) is 11.3 Å². The number of hydrogen-bond donors (Lipinski definition) is 3. The first-order valence-electron chi connectivity index (χ1n) is 6.65. The van der Waals surface area contributed by atoms with Crippen molar-refractivity contribution in [2.24, 2.45) is 0 Å². The molecule has 21 heavy (non-hydrogen) atoms. The van der Waals surface area contributed by atoms with Gasteiger partial charge in [-0.3, -0.25) is 4.79 Å². The second-order valence-electron chi connectivity index (χ2n) is 4.10. The predicted molar refractivity (Wildman–Crippen MR) is 84.9 cm³/mol. The molecule has 0 unspecified atom stereocenters. The fraction of sp³-hybridized carbons (Fsp3) is 0.538. The van der Waals surface area contributed by atoms with Gasteiger partial charge in [0.25, 0.3) is 5.91 Å². The molecule has 118 valence electrons. The monoisotopic (exact) mass is 314 g/mol. The molecule has 1 rings (SSSR count). The molecule has 1 aromatic heterocycles. The molecular formula is C13H22N4O3S. The van der Waals surface area contributed by atoms with Gasteiger partial charge in [0.05, 0.1) is 19.8 Å². The van der Waals surface area contributed by atoms with E-state index in [4.69, 9.17) is 15.2 Å². The topological polar surface area (TPSA) is 98.5 Å². The average Bonchev–Trinajstić information content (AvgIpc) is 2.84. The summed E-state index contributed by atoms with van der Waals surface area (Å²) in [5, 5.41) is 6.39. The lowest BCUT2D eigenvalue weighted by atomic mass is 10.4. The zero-order valence-electron chi connectivity index (χ0n) is 12.2. The summed E-state index contributed by atoms with van der Waals surface area (Å²) >= 11 is 1.22. The van der Waals surface area contributed by atoms with Crippen molar-refractivity contribution in [3.8, 4) is 0 Å². The van der Waals surface area contributed by atoms with Gasteiger partial charge >= 0.3 is 0 Å². The Morgan fingerprint density at radius 1 is 1.43 bits per heavy atom. The highest BCUT2D eigenvalue weighted by molar-refractivity contribution is 7.18. The highest BCUT2D eigenvalue weighted by Crippen LogP contribution is 2.24. The summed E-state index contributed by atoms with van der Waals surface area (Å²) in [6.45, 7) is 6.27. The van der Waals surface area contributed by atoms with Crippen molar-refractivity contribution in [3.63, 3.8) is 0 Å². The van der Waals surface area contributed by atoms with Crippen molar-refractivity contribution < 1.29 is 14.3 Å². The summed E-state index contributed by atoms with van der Waals surface area (Å²) < 4.78 is 10.2. The van der Waals surface area contributed by atoms with E-state index in [-0.39, 0.29) is 11.7 Å². The van der Waals surface area contributed by atoms with Crippen LogP contribution < -0.4 is 16.4 Å². The molecule has 0 aliphatic carbocycles. The van der Waals surface area contributed by atoms with E-state index >= 15 is 0 Å². The fourth-order valence-electron chi connectivity index (χ4n) is 1.42. The Balaban J connectivity index is 2.34. The maximum absolute atomic E-state index is 12.0. The first-order valence-corrected chi connectivity index (χ1v) is 7.46. The largest absolute Gasteiger partial charge is 0.383 e. The van der Waals surface area contributed by atoms with Gasteiger partial charge in [-0.1, -0.05) is 17.4 Å². The summed E-state index contributed by atoms with van der Waals surface area (Å²) in [7, 11) is 1.62. The normalized spacial score (nSPS) is 10.3. The molecular weight excluding hydrogens is 292 g/mol. The Hall–Kier alpha value is -1.64. The van der Waals surface area contributed by atoms with Crippen LogP contribution in [0.15, 0.2) is 12.7 Å². The minimum Gasteiger partial charge on any atom is -0.383 e. The smallest absolute Gasteiger partial charge is 0.265 e. The second kappa shape index (κ2) is 10.1. The van der Waals surface area contributed by atoms with E-state index in [9.17, 15) is 4.79 Å². The maximum atomic E-state index is 12.0. The van der Waals surface area contributed by atoms with E-state index in [0.717, 1.165) is 6.42 Å². The minimum absolute atomic E-state index is 0.227. The number of nitrogens with one attached hydrogen (secondary N) is 2. The van der Waals surface area contributed by atoms with Gasteiger partial charge in [0, 0.05) is 20.2 Å². The number of rotatable bonds is 11. The predicted octanol–water partition coefficient (Wildman–Crippen LogP) is 1.11. The van der Waals surface area contributed by atoms with Gasteiger partial charge < -0.3 is 25.8 Å². The molecule has 0 atom stereocenters. The third kappa shape index (κ3) is 6.56. The van der Waals surface area contributed by atoms with Crippen LogP contribution in [-0.4, -0.2) is 50.9 Å². The van der Waals surface area contributed by atoms with Gasteiger partial charge in [-0.15, -0.1) is 6.58 Å². The van der Waals surface area contributed by atoms with Crippen LogP contribution in [0.2, 0.25) is 0 Å². The first kappa shape index (κ1) is 17.4. The molecule has 0 saturated carbocycles. The highest BCUT2D eigenvalue weighted by atomic mass is 32.1. The molecule has 0 radical (unpaired) electrons. The van der Waals surface area contributed by atoms with Gasteiger partial charge in [0.2, 0.25) is 0 Å². The summed E-state index contributed by atoms with van der Waals surface area (Å²) in [6, 6.07) is 0. The van der Waals surface area contributed by atoms with Crippen molar-refractivity contribution in [3.05, 3.63) is 17.5 Å². The lowest BCUT2D eigenvalue weighted by Gasteiger charge is -2.04. The Morgan fingerprint density at radius 2 is 2.24 bits per heavy atom. The van der Waals surface area contributed by atoms with Gasteiger partial charge in [0.15, 0.2) is 5.13 Å². The maximum Gasteiger partial charge on any atom is 0.265 e. The molecule has 0 fully saturated rings. The van der Waals surface area contributed by atoms with Crippen LogP contribution in [0.3, 0.4) is 0 Å². The van der Waals surface area contributed by atoms with Gasteiger partial charge in [0.1, 0.15) is 10.7 Å². The molecule has 7 nitrogen and oxygen atoms in total. The van der Waals surface area contributed by atoms with Crippen molar-refractivity contribution in [1.82, 2.24) is 10.3 Å². The number of amides is 1. The van der Waals surface area contributed by atoms with Crippen LogP contribution in [0, 0.1) is 0 Å². The Labute approximate surface area is 128 Å². The molecule has 8 heteroatoms. The van der Waals surface area contributed by atoms with Gasteiger partial charge in [-0.2, -0.15) is 0 Å². The van der Waals surface area contributed by atoms with Crippen molar-refractivity contribution in [2.75, 3.05) is 51.1 Å². The first-order chi connectivity index (χ1) is 10.2. The van der Waals surface area contributed by atoms with Crippen LogP contribution in [0.4, 0.5) is 10.9 Å². The van der Waals surface area contributed by atoms with Crippen molar-refractivity contribution >= 4 is 28.2 Å². The Morgan fingerprint density at radius 3 is 2.95 bits per heavy atom. The molecule has 0 aromatic carbocycles. The molecule has 1 heterocycles. The number of nitrogen functional groups attached to an aromatic ring is 1. The number of anilines is 2. The van der Waals surface area contributed by atoms with E-state index < -0.39 is 0 Å². The minimum atomic E-state index is -0.239. The highest BCUT2D eigenvalue weighted by Gasteiger charge is 2.15. The quantitative estimate of drug-likeness (QED) is 0.418. The standard InChI is InChI=1S/C13H22N4O3S/c1-3-4-7-20-9-6-15-12(18)10-11(14)17-13(21-10)16-5-8-19-2/h3H,1,4-9,14H2,2H3,(H,15,18)(H,16,17). The third-order valence-electron chi connectivity index (χ3n) is 2.44. The number of thiazole rings is 1. The van der Waals surface area contributed by atoms with Crippen molar-refractivity contribution in [2.45, 2.75) is 6.42 Å². The number of carbonyl (C=O) groups excluding carboxylic acids is 1. The van der Waals surface area contributed by atoms with Crippen LogP contribution in [0.25, 0.3) is 0 Å². The zero-order valence-corrected chi connectivity index (χ0v) is 13.0. The van der Waals surface area contributed by atoms with Crippen molar-refractivity contribution in [1.29, 1.82) is 0 Å². The van der Waals surface area contributed by atoms with Crippen LogP contribution in [0.1, 0.15) is 16.1 Å². The van der Waals surface area contributed by atoms with E-state index in [1.807, 2.05) is 0 Å². The van der Waals surface area contributed by atoms with Gasteiger partial charge in [-0.25, -0.2) is 4.98 Å². The summed E-state index contributed by atoms with van der Waals surface area (Å²) in [4.78, 5) is 16.5. The lowest BCUT2D eigenvalue weighted by molar-refractivity contribution is 0.0922. The number of hydrogen-bond acceptors (Lipinski definition) is 7. The third-order valence-corrected chi connectivity index (χ3v) is 3.47. The SMILES string of the molecule is C=CCCOCCNC(=O)c1sc(NCCOC)nc1N. The fourth-order valence-corrected chi connectivity index (χ4v) is 2.24. The second-order valence-corrected chi connectivity index (χ2v) is 5.10. The summed E-state index contributed by atoms with van der Waals surface area (Å²) in [6.07, 6.45) is 2.58. The summed E-state index contributed by atoms with van der Waals surface area (Å²) in [5.41, 5.74) is 5.74. The lowest BCUT2D eigenvalue weighted by Crippen LogP contribution is -2.27. The number of aromatic nitrogens is 1. The molecule has 1 aromatic rings. The molecule has 0 bridgehead atoms. The zero-order chi connectivity index (χ0) is 15.5. The number of carbonyl (C=O) groups is 1. The van der Waals surface area contributed by atoms with E-state index in [2.05, 4.69) is 22.2 Å². The molecule has 4 N–H and O–H groups in total. The molecule has 0 aliphatic heterocycles. The number of nitrogens with zero attached hydrogens (tertiary/aromatic N) is 1. The summed E-state index contributed by atoms with van der Waals surface area (Å²) in [5.74, 6) is -0.0119.